The number of thiophene rings is 1. The van der Waals surface area contributed by atoms with Gasteiger partial charge in [-0.3, -0.25) is 9.59 Å². The number of nitrogens with one attached hydrogen (secondary N) is 2. The lowest BCUT2D eigenvalue weighted by Gasteiger charge is -2.28. The first-order chi connectivity index (χ1) is 14.0. The number of hydrogen-bond donors (Lipinski definition) is 3. The van der Waals surface area contributed by atoms with Crippen LogP contribution in [0.3, 0.4) is 0 Å². The van der Waals surface area contributed by atoms with Crippen LogP contribution in [0.15, 0.2) is 49.1 Å². The van der Waals surface area contributed by atoms with Crippen molar-refractivity contribution < 1.29 is 9.59 Å². The Kier molecular flexibility index (Phi) is 4.94. The zero-order valence-corrected chi connectivity index (χ0v) is 16.8. The summed E-state index contributed by atoms with van der Waals surface area (Å²) in [4.78, 5) is 26.2. The first kappa shape index (κ1) is 18.9. The van der Waals surface area contributed by atoms with Crippen molar-refractivity contribution in [1.29, 1.82) is 0 Å². The van der Waals surface area contributed by atoms with Gasteiger partial charge in [-0.1, -0.05) is 24.8 Å². The van der Waals surface area contributed by atoms with Crippen LogP contribution < -0.4 is 16.4 Å². The fourth-order valence-electron chi connectivity index (χ4n) is 3.62. The Morgan fingerprint density at radius 3 is 2.83 bits per heavy atom. The van der Waals surface area contributed by atoms with Gasteiger partial charge in [0.1, 0.15) is 17.1 Å². The third kappa shape index (κ3) is 3.42. The standard InChI is InChI=1S/C21H21N5O2S/c1-3-17(27)24-14-7-5-4-6-13(14)15-10-11-23-21-18(20(22)28)19(25-26(15)21)16-9-8-12(2)29-16/h3-9,15,23H,1,10-11H2,2H3,(H2,22,28)(H,24,27). The molecule has 4 N–H and O–H groups in total. The highest BCUT2D eigenvalue weighted by atomic mass is 32.1. The van der Waals surface area contributed by atoms with Crippen LogP contribution in [0.4, 0.5) is 11.5 Å². The molecule has 0 saturated carbocycles. The molecule has 0 aliphatic carbocycles. The molecular weight excluding hydrogens is 386 g/mol. The van der Waals surface area contributed by atoms with Gasteiger partial charge < -0.3 is 16.4 Å². The van der Waals surface area contributed by atoms with Gasteiger partial charge in [-0.15, -0.1) is 11.3 Å². The Bertz CT molecular complexity index is 1110. The number of carbonyl (C=O) groups excluding carboxylic acids is 2. The van der Waals surface area contributed by atoms with Gasteiger partial charge in [-0.25, -0.2) is 4.68 Å². The quantitative estimate of drug-likeness (QED) is 0.563. The summed E-state index contributed by atoms with van der Waals surface area (Å²) in [5.74, 6) is -0.187. The van der Waals surface area contributed by atoms with Gasteiger partial charge in [0.2, 0.25) is 5.91 Å². The van der Waals surface area contributed by atoms with E-state index < -0.39 is 5.91 Å². The molecule has 1 atom stereocenters. The highest BCUT2D eigenvalue weighted by Crippen LogP contribution is 2.40. The van der Waals surface area contributed by atoms with Gasteiger partial charge in [0.15, 0.2) is 0 Å². The Hall–Kier alpha value is -3.39. The largest absolute Gasteiger partial charge is 0.369 e. The van der Waals surface area contributed by atoms with Crippen molar-refractivity contribution >= 4 is 34.7 Å². The van der Waals surface area contributed by atoms with Crippen molar-refractivity contribution in [2.45, 2.75) is 19.4 Å². The van der Waals surface area contributed by atoms with E-state index in [9.17, 15) is 9.59 Å². The summed E-state index contributed by atoms with van der Waals surface area (Å²) < 4.78 is 1.81. The molecule has 1 aromatic carbocycles. The molecule has 8 heteroatoms. The summed E-state index contributed by atoms with van der Waals surface area (Å²) in [6.07, 6.45) is 1.98. The fourth-order valence-corrected chi connectivity index (χ4v) is 4.48. The number of anilines is 2. The molecule has 0 spiro atoms. The number of hydrogen-bond acceptors (Lipinski definition) is 5. The second-order valence-electron chi connectivity index (χ2n) is 6.80. The third-order valence-electron chi connectivity index (χ3n) is 4.90. The van der Waals surface area contributed by atoms with E-state index >= 15 is 0 Å². The predicted octanol–water partition coefficient (Wildman–Crippen LogP) is 3.55. The van der Waals surface area contributed by atoms with Gasteiger partial charge in [-0.05, 0) is 37.6 Å². The van der Waals surface area contributed by atoms with Gasteiger partial charge in [0.25, 0.3) is 5.91 Å². The SMILES string of the molecule is C=CC(=O)Nc1ccccc1C1CCNc2c(C(N)=O)c(-c3ccc(C)s3)nn21. The highest BCUT2D eigenvalue weighted by molar-refractivity contribution is 7.15. The van der Waals surface area contributed by atoms with Crippen molar-refractivity contribution in [3.63, 3.8) is 0 Å². The van der Waals surface area contributed by atoms with Crippen LogP contribution in [0.1, 0.15) is 33.3 Å². The maximum atomic E-state index is 12.3. The van der Waals surface area contributed by atoms with E-state index in [-0.39, 0.29) is 11.9 Å². The molecule has 29 heavy (non-hydrogen) atoms. The molecule has 0 bridgehead atoms. The van der Waals surface area contributed by atoms with E-state index in [2.05, 4.69) is 17.2 Å². The van der Waals surface area contributed by atoms with E-state index in [1.54, 1.807) is 11.3 Å². The highest BCUT2D eigenvalue weighted by Gasteiger charge is 2.31. The van der Waals surface area contributed by atoms with E-state index in [1.165, 1.54) is 6.08 Å². The number of aryl methyl sites for hydroxylation is 1. The van der Waals surface area contributed by atoms with E-state index in [0.29, 0.717) is 29.3 Å². The number of nitrogens with zero attached hydrogens (tertiary/aromatic N) is 2. The van der Waals surface area contributed by atoms with Gasteiger partial charge >= 0.3 is 0 Å². The maximum Gasteiger partial charge on any atom is 0.254 e. The number of para-hydroxylation sites is 1. The molecule has 2 amide bonds. The molecule has 1 aliphatic rings. The van der Waals surface area contributed by atoms with Crippen LogP contribution in [0.25, 0.3) is 10.6 Å². The van der Waals surface area contributed by atoms with E-state index in [4.69, 9.17) is 10.8 Å². The smallest absolute Gasteiger partial charge is 0.254 e. The number of benzene rings is 1. The van der Waals surface area contributed by atoms with E-state index in [1.807, 2.05) is 48.0 Å². The summed E-state index contributed by atoms with van der Waals surface area (Å²) in [6.45, 7) is 6.18. The average molecular weight is 407 g/mol. The monoisotopic (exact) mass is 407 g/mol. The number of nitrogens with two attached hydrogens (primary N) is 1. The fraction of sp³-hybridized carbons (Fsp3) is 0.190. The summed E-state index contributed by atoms with van der Waals surface area (Å²) in [6, 6.07) is 11.4. The third-order valence-corrected chi connectivity index (χ3v) is 5.91. The molecule has 0 saturated heterocycles. The first-order valence-electron chi connectivity index (χ1n) is 9.25. The normalized spacial score (nSPS) is 15.3. The molecule has 0 fully saturated rings. The predicted molar refractivity (Wildman–Crippen MR) is 115 cm³/mol. The van der Waals surface area contributed by atoms with Crippen molar-refractivity contribution in [3.05, 3.63) is 65.1 Å². The summed E-state index contributed by atoms with van der Waals surface area (Å²) in [5.41, 5.74) is 8.31. The molecular formula is C21H21N5O2S. The lowest BCUT2D eigenvalue weighted by Crippen LogP contribution is -2.27. The zero-order valence-electron chi connectivity index (χ0n) is 15.9. The van der Waals surface area contributed by atoms with Crippen LogP contribution in [0, 0.1) is 6.92 Å². The van der Waals surface area contributed by atoms with Crippen molar-refractivity contribution in [2.24, 2.45) is 5.73 Å². The molecule has 3 aromatic rings. The Balaban J connectivity index is 1.85. The van der Waals surface area contributed by atoms with Crippen LogP contribution in [-0.2, 0) is 4.79 Å². The van der Waals surface area contributed by atoms with Gasteiger partial charge in [-0.2, -0.15) is 5.10 Å². The van der Waals surface area contributed by atoms with Crippen molar-refractivity contribution in [1.82, 2.24) is 9.78 Å². The average Bonchev–Trinajstić information content (AvgIpc) is 3.31. The summed E-state index contributed by atoms with van der Waals surface area (Å²) in [7, 11) is 0. The van der Waals surface area contributed by atoms with Crippen LogP contribution >= 0.6 is 11.3 Å². The lowest BCUT2D eigenvalue weighted by molar-refractivity contribution is -0.111. The minimum absolute atomic E-state index is 0.152. The summed E-state index contributed by atoms with van der Waals surface area (Å²) in [5, 5.41) is 10.9. The molecule has 2 aromatic heterocycles. The van der Waals surface area contributed by atoms with Gasteiger partial charge in [0.05, 0.1) is 10.9 Å². The topological polar surface area (TPSA) is 102 Å². The van der Waals surface area contributed by atoms with Crippen LogP contribution in [0.5, 0.6) is 0 Å². The van der Waals surface area contributed by atoms with Crippen molar-refractivity contribution in [2.75, 3.05) is 17.2 Å². The molecule has 1 unspecified atom stereocenters. The lowest BCUT2D eigenvalue weighted by atomic mass is 10.00. The number of rotatable bonds is 5. The number of fused-ring (bicyclic) bond motifs is 1. The molecule has 0 radical (unpaired) electrons. The second kappa shape index (κ2) is 7.56. The second-order valence-corrected chi connectivity index (χ2v) is 8.09. The number of amides is 2. The maximum absolute atomic E-state index is 12.3. The Morgan fingerprint density at radius 2 is 2.14 bits per heavy atom. The van der Waals surface area contributed by atoms with Crippen molar-refractivity contribution in [3.8, 4) is 10.6 Å². The number of primary amides is 1. The minimum atomic E-state index is -0.520. The molecule has 3 heterocycles. The van der Waals surface area contributed by atoms with Gasteiger partial charge in [0, 0.05) is 22.7 Å². The number of aromatic nitrogens is 2. The van der Waals surface area contributed by atoms with Crippen LogP contribution in [0.2, 0.25) is 0 Å². The Labute approximate surface area is 172 Å². The Morgan fingerprint density at radius 1 is 1.34 bits per heavy atom. The summed E-state index contributed by atoms with van der Waals surface area (Å²) >= 11 is 1.57. The molecule has 1 aliphatic heterocycles. The van der Waals surface area contributed by atoms with E-state index in [0.717, 1.165) is 21.7 Å². The number of carbonyl (C=O) groups is 2. The minimum Gasteiger partial charge on any atom is -0.369 e. The molecule has 7 nitrogen and oxygen atoms in total. The first-order valence-corrected chi connectivity index (χ1v) is 10.1. The zero-order chi connectivity index (χ0) is 20.5. The molecule has 4 rings (SSSR count). The van der Waals surface area contributed by atoms with Crippen LogP contribution in [-0.4, -0.2) is 28.1 Å². The molecule has 148 valence electrons.